The third-order valence-corrected chi connectivity index (χ3v) is 12.6. The van der Waals surface area contributed by atoms with E-state index in [0.29, 0.717) is 10.7 Å². The first kappa shape index (κ1) is 36.0. The second-order valence-corrected chi connectivity index (χ2v) is 16.8. The number of hydrogen-bond acceptors (Lipinski definition) is 6. The van der Waals surface area contributed by atoms with Crippen LogP contribution >= 0.6 is 11.3 Å². The number of hydrogen-bond donors (Lipinski definition) is 2. The predicted octanol–water partition coefficient (Wildman–Crippen LogP) is 8.18. The smallest absolute Gasteiger partial charge is 0.310 e. The van der Waals surface area contributed by atoms with E-state index in [2.05, 4.69) is 39.1 Å². The van der Waals surface area contributed by atoms with E-state index in [0.717, 1.165) is 52.2 Å². The lowest BCUT2D eigenvalue weighted by Crippen LogP contribution is -2.59. The maximum atomic E-state index is 13.5. The summed E-state index contributed by atoms with van der Waals surface area (Å²) in [7, 11) is 0. The first-order chi connectivity index (χ1) is 24.0. The van der Waals surface area contributed by atoms with E-state index in [-0.39, 0.29) is 36.7 Å². The zero-order chi connectivity index (χ0) is 35.4. The molecule has 1 aromatic carbocycles. The Hall–Kier alpha value is -3.85. The molecule has 2 aromatic heterocycles. The zero-order valence-corrected chi connectivity index (χ0v) is 30.8. The van der Waals surface area contributed by atoms with Gasteiger partial charge in [0.25, 0.3) is 5.91 Å². The Morgan fingerprint density at radius 2 is 1.64 bits per heavy atom. The number of aromatic nitrogens is 2. The summed E-state index contributed by atoms with van der Waals surface area (Å²) >= 11 is 1.42. The van der Waals surface area contributed by atoms with Gasteiger partial charge in [-0.2, -0.15) is 0 Å². The number of rotatable bonds is 11. The molecule has 3 aliphatic rings. The van der Waals surface area contributed by atoms with E-state index < -0.39 is 17.9 Å². The van der Waals surface area contributed by atoms with Gasteiger partial charge >= 0.3 is 5.97 Å². The van der Waals surface area contributed by atoms with E-state index >= 15 is 0 Å². The van der Waals surface area contributed by atoms with Crippen LogP contribution in [0.25, 0.3) is 17.0 Å². The lowest BCUT2D eigenvalue weighted by Gasteiger charge is -2.38. The van der Waals surface area contributed by atoms with Crippen LogP contribution in [-0.4, -0.2) is 56.9 Å². The summed E-state index contributed by atoms with van der Waals surface area (Å²) in [5.41, 5.74) is 4.13. The number of benzene rings is 1. The number of carboxylic acids is 1. The summed E-state index contributed by atoms with van der Waals surface area (Å²) < 4.78 is 0. The van der Waals surface area contributed by atoms with E-state index in [1.54, 1.807) is 6.07 Å². The molecule has 266 valence electrons. The van der Waals surface area contributed by atoms with Gasteiger partial charge in [0.15, 0.2) is 5.82 Å². The molecule has 8 nitrogen and oxygen atoms in total. The highest BCUT2D eigenvalue weighted by atomic mass is 32.1. The van der Waals surface area contributed by atoms with Crippen LogP contribution < -0.4 is 5.32 Å². The Morgan fingerprint density at radius 1 is 0.940 bits per heavy atom. The summed E-state index contributed by atoms with van der Waals surface area (Å²) in [6.07, 6.45) is 18.4. The number of nitrogens with one attached hydrogen (secondary N) is 1. The highest BCUT2D eigenvalue weighted by Crippen LogP contribution is 2.42. The van der Waals surface area contributed by atoms with Gasteiger partial charge < -0.3 is 15.3 Å². The maximum absolute atomic E-state index is 13.5. The van der Waals surface area contributed by atoms with Crippen molar-refractivity contribution in [1.82, 2.24) is 20.2 Å². The van der Waals surface area contributed by atoms with Gasteiger partial charge in [-0.15, -0.1) is 11.3 Å². The molecule has 1 unspecified atom stereocenters. The largest absolute Gasteiger partial charge is 0.481 e. The van der Waals surface area contributed by atoms with Crippen LogP contribution in [0.1, 0.15) is 111 Å². The molecule has 3 heterocycles. The van der Waals surface area contributed by atoms with Crippen LogP contribution in [0.4, 0.5) is 0 Å². The molecule has 2 atom stereocenters. The first-order valence-electron chi connectivity index (χ1n) is 18.5. The van der Waals surface area contributed by atoms with E-state index in [4.69, 9.17) is 9.97 Å². The van der Waals surface area contributed by atoms with Crippen molar-refractivity contribution in [3.05, 3.63) is 75.7 Å². The number of nitrogens with zero attached hydrogens (tertiary/aromatic N) is 3. The molecule has 1 saturated heterocycles. The summed E-state index contributed by atoms with van der Waals surface area (Å²) in [6.45, 7) is 8.90. The molecule has 9 heteroatoms. The molecule has 2 N–H and O–H groups in total. The molecular weight excluding hydrogens is 645 g/mol. The van der Waals surface area contributed by atoms with Crippen molar-refractivity contribution in [3.8, 4) is 11.4 Å². The van der Waals surface area contributed by atoms with Crippen molar-refractivity contribution in [2.75, 3.05) is 13.1 Å². The number of likely N-dealkylation sites (tertiary alicyclic amines) is 1. The van der Waals surface area contributed by atoms with Gasteiger partial charge in [0.05, 0.1) is 10.8 Å². The molecule has 6 rings (SSSR count). The summed E-state index contributed by atoms with van der Waals surface area (Å²) in [5, 5.41) is 12.3. The number of thiophene rings is 1. The van der Waals surface area contributed by atoms with Crippen LogP contribution in [0.3, 0.4) is 0 Å². The number of allylic oxidation sites excluding steroid dienone is 2. The summed E-state index contributed by atoms with van der Waals surface area (Å²) in [6, 6.07) is 10.7. The number of carbonyl (C=O) groups is 3. The summed E-state index contributed by atoms with van der Waals surface area (Å²) in [5.74, 6) is 1.24. The van der Waals surface area contributed by atoms with E-state index in [1.165, 1.54) is 66.8 Å². The van der Waals surface area contributed by atoms with Crippen molar-refractivity contribution < 1.29 is 19.5 Å². The minimum absolute atomic E-state index is 0.0862. The second kappa shape index (κ2) is 15.6. The van der Waals surface area contributed by atoms with Gasteiger partial charge in [-0.1, -0.05) is 83.7 Å². The number of carbonyl (C=O) groups excluding carboxylic acids is 2. The Labute approximate surface area is 300 Å². The van der Waals surface area contributed by atoms with Crippen molar-refractivity contribution >= 4 is 34.7 Å². The van der Waals surface area contributed by atoms with Crippen molar-refractivity contribution in [2.24, 2.45) is 23.7 Å². The monoisotopic (exact) mass is 696 g/mol. The Balaban J connectivity index is 1.08. The number of aliphatic carboxylic acids is 1. The molecule has 0 spiro atoms. The molecule has 2 fully saturated rings. The fourth-order valence-corrected chi connectivity index (χ4v) is 8.86. The summed E-state index contributed by atoms with van der Waals surface area (Å²) in [4.78, 5) is 50.8. The topological polar surface area (TPSA) is 112 Å². The van der Waals surface area contributed by atoms with Gasteiger partial charge in [0.2, 0.25) is 5.91 Å². The van der Waals surface area contributed by atoms with Gasteiger partial charge in [-0.25, -0.2) is 9.97 Å². The number of carboxylic acid groups (broad SMARTS) is 1. The van der Waals surface area contributed by atoms with Crippen molar-refractivity contribution in [3.63, 3.8) is 0 Å². The van der Waals surface area contributed by atoms with Crippen LogP contribution in [0.5, 0.6) is 0 Å². The van der Waals surface area contributed by atoms with Crippen LogP contribution in [0.2, 0.25) is 0 Å². The fourth-order valence-electron chi connectivity index (χ4n) is 7.90. The molecule has 2 amide bonds. The Bertz CT molecular complexity index is 1680. The lowest BCUT2D eigenvalue weighted by atomic mass is 9.70. The maximum Gasteiger partial charge on any atom is 0.310 e. The molecule has 3 aromatic rings. The lowest BCUT2D eigenvalue weighted by molar-refractivity contribution is -0.153. The number of amides is 2. The van der Waals surface area contributed by atoms with E-state index in [9.17, 15) is 19.5 Å². The SMILES string of the molecule is CCCC1CCC(C2CC=C(c3cnc(-c4ccc(C[C@H](NC(=O)c5ccc(C(C)(C)C)s5)C(=O)N5CC(C(=O)O)C5)cc4)nc3)CC2)CC1. The van der Waals surface area contributed by atoms with Gasteiger partial charge in [-0.05, 0) is 78.5 Å². The molecule has 0 radical (unpaired) electrons. The molecule has 1 saturated carbocycles. The Morgan fingerprint density at radius 3 is 2.22 bits per heavy atom. The third kappa shape index (κ3) is 8.53. The van der Waals surface area contributed by atoms with Crippen LogP contribution in [0.15, 0.2) is 54.9 Å². The molecule has 50 heavy (non-hydrogen) atoms. The van der Waals surface area contributed by atoms with E-state index in [1.807, 2.05) is 42.7 Å². The quantitative estimate of drug-likeness (QED) is 0.209. The first-order valence-corrected chi connectivity index (χ1v) is 19.3. The third-order valence-electron chi connectivity index (χ3n) is 11.1. The fraction of sp³-hybridized carbons (Fsp3) is 0.537. The molecule has 1 aliphatic heterocycles. The average Bonchev–Trinajstić information content (AvgIpc) is 3.60. The minimum Gasteiger partial charge on any atom is -0.481 e. The normalized spacial score (nSPS) is 22.0. The van der Waals surface area contributed by atoms with Gasteiger partial charge in [0, 0.05) is 47.9 Å². The molecule has 0 bridgehead atoms. The average molecular weight is 697 g/mol. The van der Waals surface area contributed by atoms with Crippen molar-refractivity contribution in [2.45, 2.75) is 103 Å². The highest BCUT2D eigenvalue weighted by molar-refractivity contribution is 7.14. The molecular formula is C41H52N4O4S. The van der Waals surface area contributed by atoms with Gasteiger partial charge in [-0.3, -0.25) is 14.4 Å². The van der Waals surface area contributed by atoms with Crippen LogP contribution in [-0.2, 0) is 21.4 Å². The highest BCUT2D eigenvalue weighted by Gasteiger charge is 2.39. The predicted molar refractivity (Wildman–Crippen MR) is 199 cm³/mol. The Kier molecular flexibility index (Phi) is 11.2. The standard InChI is InChI=1S/C41H52N4O4S/c1-5-6-26-7-11-28(12-8-26)29-15-17-30(18-16-29)32-22-42-37(43-23-32)31-13-9-27(10-14-31)21-34(39(47)45-24-33(25-45)40(48)49)44-38(46)35-19-20-36(50-35)41(2,3)4/h9-10,13-14,17,19-20,22-23,26,28-29,33-34H,5-8,11-12,15-16,18,21,24-25H2,1-4H3,(H,44,46)(H,48,49)/t26?,28?,29?,34-/m0/s1. The van der Waals surface area contributed by atoms with Crippen LogP contribution in [0, 0.1) is 23.7 Å². The molecule has 2 aliphatic carbocycles. The zero-order valence-electron chi connectivity index (χ0n) is 30.0. The van der Waals surface area contributed by atoms with Gasteiger partial charge in [0.1, 0.15) is 6.04 Å². The minimum atomic E-state index is -0.909. The van der Waals surface area contributed by atoms with Crippen molar-refractivity contribution in [1.29, 1.82) is 0 Å². The second-order valence-electron chi connectivity index (χ2n) is 15.7.